The van der Waals surface area contributed by atoms with E-state index in [-0.39, 0.29) is 23.7 Å². The topological polar surface area (TPSA) is 111 Å². The van der Waals surface area contributed by atoms with Crippen LogP contribution < -0.4 is 14.8 Å². The van der Waals surface area contributed by atoms with Crippen LogP contribution in [0.25, 0.3) is 17.0 Å². The first-order valence-corrected chi connectivity index (χ1v) is 12.9. The van der Waals surface area contributed by atoms with Gasteiger partial charge in [-0.05, 0) is 47.9 Å². The molecule has 2 heterocycles. The summed E-state index contributed by atoms with van der Waals surface area (Å²) in [5.74, 6) is 0.198. The molecule has 4 aromatic rings. The maximum absolute atomic E-state index is 13.0. The molecule has 4 rings (SSSR count). The number of carbonyl (C=O) groups excluding carboxylic acids is 2. The van der Waals surface area contributed by atoms with Crippen molar-refractivity contribution in [3.8, 4) is 17.6 Å². The number of nitrogens with one attached hydrogen (secondary N) is 1. The van der Waals surface area contributed by atoms with E-state index in [9.17, 15) is 14.9 Å². The second kappa shape index (κ2) is 12.2. The van der Waals surface area contributed by atoms with Crippen LogP contribution in [-0.4, -0.2) is 31.1 Å². The zero-order valence-corrected chi connectivity index (χ0v) is 22.8. The molecule has 9 heteroatoms. The molecule has 2 aromatic carbocycles. The lowest BCUT2D eigenvalue weighted by Crippen LogP contribution is -2.15. The summed E-state index contributed by atoms with van der Waals surface area (Å²) in [5, 5.41) is 13.8. The third kappa shape index (κ3) is 6.25. The van der Waals surface area contributed by atoms with Gasteiger partial charge in [0.05, 0.1) is 19.8 Å². The van der Waals surface area contributed by atoms with Crippen molar-refractivity contribution < 1.29 is 23.8 Å². The highest BCUT2D eigenvalue weighted by Crippen LogP contribution is 2.34. The first kappa shape index (κ1) is 27.4. The Hall–Kier alpha value is -4.68. The Bertz CT molecular complexity index is 1590. The first-order valence-electron chi connectivity index (χ1n) is 12.1. The zero-order valence-electron chi connectivity index (χ0n) is 22.0. The van der Waals surface area contributed by atoms with E-state index in [2.05, 4.69) is 10.3 Å². The molecule has 0 atom stereocenters. The molecule has 8 nitrogen and oxygen atoms in total. The van der Waals surface area contributed by atoms with Gasteiger partial charge in [-0.15, -0.1) is 11.3 Å². The Morgan fingerprint density at radius 1 is 1.10 bits per heavy atom. The fourth-order valence-electron chi connectivity index (χ4n) is 3.88. The number of anilines is 1. The van der Waals surface area contributed by atoms with Gasteiger partial charge in [0.2, 0.25) is 0 Å². The summed E-state index contributed by atoms with van der Waals surface area (Å²) in [4.78, 5) is 30.6. The lowest BCUT2D eigenvalue weighted by Gasteiger charge is -2.12. The number of benzene rings is 2. The number of hydrogen-bond donors (Lipinski definition) is 1. The normalized spacial score (nSPS) is 11.2. The summed E-state index contributed by atoms with van der Waals surface area (Å²) in [5.41, 5.74) is 2.22. The van der Waals surface area contributed by atoms with Gasteiger partial charge < -0.3 is 19.5 Å². The standard InChI is InChI=1S/C30H27N3O5S/c1-18(2)26-15-23(30(35)37-4)29(39-26)33-28(34)21(16-31)13-19-10-11-24(36-3)22(14-19)17-38-25-9-5-7-20-8-6-12-32-27(20)25/h5-15,18H,17H2,1-4H3,(H,33,34). The zero-order chi connectivity index (χ0) is 27.9. The number of rotatable bonds is 9. The summed E-state index contributed by atoms with van der Waals surface area (Å²) in [7, 11) is 2.84. The number of thiophene rings is 1. The second-order valence-electron chi connectivity index (χ2n) is 8.85. The predicted molar refractivity (Wildman–Crippen MR) is 151 cm³/mol. The van der Waals surface area contributed by atoms with E-state index in [0.717, 1.165) is 21.3 Å². The number of carbonyl (C=O) groups is 2. The van der Waals surface area contributed by atoms with Crippen molar-refractivity contribution in [2.24, 2.45) is 0 Å². The summed E-state index contributed by atoms with van der Waals surface area (Å²) < 4.78 is 16.4. The van der Waals surface area contributed by atoms with Gasteiger partial charge >= 0.3 is 5.97 Å². The van der Waals surface area contributed by atoms with Gasteiger partial charge in [-0.25, -0.2) is 4.79 Å². The summed E-state index contributed by atoms with van der Waals surface area (Å²) in [6.07, 6.45) is 3.19. The van der Waals surface area contributed by atoms with Crippen LogP contribution in [0.3, 0.4) is 0 Å². The van der Waals surface area contributed by atoms with Crippen LogP contribution in [-0.2, 0) is 16.1 Å². The number of para-hydroxylation sites is 1. The molecule has 0 fully saturated rings. The number of nitrogens with zero attached hydrogens (tertiary/aromatic N) is 2. The molecule has 0 aliphatic carbocycles. The van der Waals surface area contributed by atoms with Crippen LogP contribution in [0.5, 0.6) is 11.5 Å². The molecule has 1 amide bonds. The van der Waals surface area contributed by atoms with Gasteiger partial charge in [0, 0.05) is 22.0 Å². The molecule has 0 spiro atoms. The number of esters is 1. The van der Waals surface area contributed by atoms with Gasteiger partial charge in [0.1, 0.15) is 40.3 Å². The Labute approximate surface area is 230 Å². The Kier molecular flexibility index (Phi) is 8.59. The van der Waals surface area contributed by atoms with Gasteiger partial charge in [-0.2, -0.15) is 5.26 Å². The van der Waals surface area contributed by atoms with E-state index in [1.54, 1.807) is 37.6 Å². The van der Waals surface area contributed by atoms with E-state index >= 15 is 0 Å². The van der Waals surface area contributed by atoms with E-state index in [1.165, 1.54) is 24.5 Å². The van der Waals surface area contributed by atoms with E-state index in [1.807, 2.05) is 50.2 Å². The largest absolute Gasteiger partial charge is 0.496 e. The lowest BCUT2D eigenvalue weighted by molar-refractivity contribution is -0.112. The van der Waals surface area contributed by atoms with Crippen molar-refractivity contribution in [1.82, 2.24) is 4.98 Å². The van der Waals surface area contributed by atoms with E-state index in [0.29, 0.717) is 22.1 Å². The number of pyridine rings is 1. The van der Waals surface area contributed by atoms with Crippen molar-refractivity contribution in [1.29, 1.82) is 5.26 Å². The molecular formula is C30H27N3O5S. The molecule has 0 aliphatic heterocycles. The SMILES string of the molecule is COC(=O)c1cc(C(C)C)sc1NC(=O)C(C#N)=Cc1ccc(OC)c(COc2cccc3cccnc23)c1. The van der Waals surface area contributed by atoms with Crippen LogP contribution in [0, 0.1) is 11.3 Å². The summed E-state index contributed by atoms with van der Waals surface area (Å²) in [6, 6.07) is 18.5. The lowest BCUT2D eigenvalue weighted by atomic mass is 10.1. The summed E-state index contributed by atoms with van der Waals surface area (Å²) >= 11 is 1.28. The average Bonchev–Trinajstić information content (AvgIpc) is 3.38. The summed E-state index contributed by atoms with van der Waals surface area (Å²) in [6.45, 7) is 4.16. The van der Waals surface area contributed by atoms with Crippen LogP contribution in [0.4, 0.5) is 5.00 Å². The number of nitriles is 1. The van der Waals surface area contributed by atoms with Gasteiger partial charge in [0.25, 0.3) is 5.91 Å². The van der Waals surface area contributed by atoms with Crippen molar-refractivity contribution in [3.63, 3.8) is 0 Å². The van der Waals surface area contributed by atoms with E-state index < -0.39 is 11.9 Å². The maximum Gasteiger partial charge on any atom is 0.340 e. The smallest absolute Gasteiger partial charge is 0.340 e. The molecule has 0 radical (unpaired) electrons. The minimum Gasteiger partial charge on any atom is -0.496 e. The van der Waals surface area contributed by atoms with Crippen molar-refractivity contribution in [2.75, 3.05) is 19.5 Å². The highest BCUT2D eigenvalue weighted by atomic mass is 32.1. The molecule has 1 N–H and O–H groups in total. The minimum absolute atomic E-state index is 0.124. The molecule has 39 heavy (non-hydrogen) atoms. The predicted octanol–water partition coefficient (Wildman–Crippen LogP) is 6.34. The van der Waals surface area contributed by atoms with Gasteiger partial charge in [0.15, 0.2) is 0 Å². The second-order valence-corrected chi connectivity index (χ2v) is 9.94. The third-order valence-corrected chi connectivity index (χ3v) is 7.26. The molecule has 0 saturated carbocycles. The monoisotopic (exact) mass is 541 g/mol. The van der Waals surface area contributed by atoms with E-state index in [4.69, 9.17) is 14.2 Å². The molecule has 198 valence electrons. The van der Waals surface area contributed by atoms with Crippen molar-refractivity contribution in [2.45, 2.75) is 26.4 Å². The number of aromatic nitrogens is 1. The average molecular weight is 542 g/mol. The quantitative estimate of drug-likeness (QED) is 0.150. The highest BCUT2D eigenvalue weighted by molar-refractivity contribution is 7.16. The molecule has 0 aliphatic rings. The Balaban J connectivity index is 1.58. The Morgan fingerprint density at radius 3 is 2.62 bits per heavy atom. The molecule has 0 saturated heterocycles. The number of amides is 1. The number of ether oxygens (including phenoxy) is 3. The number of fused-ring (bicyclic) bond motifs is 1. The highest BCUT2D eigenvalue weighted by Gasteiger charge is 2.21. The molecule has 0 unspecified atom stereocenters. The number of hydrogen-bond acceptors (Lipinski definition) is 8. The van der Waals surface area contributed by atoms with Crippen LogP contribution in [0.1, 0.15) is 46.1 Å². The van der Waals surface area contributed by atoms with Crippen molar-refractivity contribution >= 4 is 45.2 Å². The van der Waals surface area contributed by atoms with Crippen LogP contribution in [0.2, 0.25) is 0 Å². The van der Waals surface area contributed by atoms with Crippen LogP contribution >= 0.6 is 11.3 Å². The van der Waals surface area contributed by atoms with Crippen molar-refractivity contribution in [3.05, 3.63) is 87.9 Å². The van der Waals surface area contributed by atoms with Crippen LogP contribution in [0.15, 0.2) is 66.4 Å². The molecule has 0 bridgehead atoms. The number of methoxy groups -OCH3 is 2. The van der Waals surface area contributed by atoms with Gasteiger partial charge in [-0.3, -0.25) is 9.78 Å². The fourth-order valence-corrected chi connectivity index (χ4v) is 4.93. The molecule has 2 aromatic heterocycles. The molecular weight excluding hydrogens is 514 g/mol. The fraction of sp³-hybridized carbons (Fsp3) is 0.200. The first-order chi connectivity index (χ1) is 18.8. The maximum atomic E-state index is 13.0. The minimum atomic E-state index is -0.629. The third-order valence-electron chi connectivity index (χ3n) is 5.91. The van der Waals surface area contributed by atoms with Gasteiger partial charge in [-0.1, -0.05) is 38.1 Å². The Morgan fingerprint density at radius 2 is 1.90 bits per heavy atom.